The Morgan fingerprint density at radius 1 is 1.24 bits per heavy atom. The van der Waals surface area contributed by atoms with Crippen molar-refractivity contribution in [3.63, 3.8) is 0 Å². The van der Waals surface area contributed by atoms with Crippen LogP contribution in [0.3, 0.4) is 0 Å². The summed E-state index contributed by atoms with van der Waals surface area (Å²) in [5, 5.41) is 30.7. The molecule has 3 N–H and O–H groups in total. The number of carbonyl (C=O) groups is 1. The number of anilines is 1. The standard InChI is InChI=1S/C26H28ClF3N6O2/c1-25(2,38)14-36-13-19(22(12-31)35-36)24(37)33-17-6-4-3-5-16(10-17)32-21-11-23(26(28,29)30)34-20-8-7-15(27)9-18(20)21/h7-9,11,13,16-17,38H,3-6,10,14H2,1-2H3,(H,32,34)(H,33,37)/t16-,17+/m0/s1. The molecule has 38 heavy (non-hydrogen) atoms. The number of aromatic nitrogens is 3. The highest BCUT2D eigenvalue weighted by atomic mass is 35.5. The molecule has 2 atom stereocenters. The van der Waals surface area contributed by atoms with Gasteiger partial charge in [-0.25, -0.2) is 4.98 Å². The Morgan fingerprint density at radius 2 is 1.95 bits per heavy atom. The molecular weight excluding hydrogens is 521 g/mol. The Hall–Kier alpha value is -3.36. The minimum atomic E-state index is -4.61. The summed E-state index contributed by atoms with van der Waals surface area (Å²) in [7, 11) is 0. The van der Waals surface area contributed by atoms with Crippen LogP contribution in [0.4, 0.5) is 18.9 Å². The van der Waals surface area contributed by atoms with Crippen LogP contribution in [0, 0.1) is 11.3 Å². The molecule has 3 aromatic rings. The van der Waals surface area contributed by atoms with Crippen molar-refractivity contribution in [3.05, 3.63) is 52.4 Å². The van der Waals surface area contributed by atoms with Crippen LogP contribution in [0.1, 0.15) is 67.7 Å². The van der Waals surface area contributed by atoms with Gasteiger partial charge in [0.25, 0.3) is 5.91 Å². The van der Waals surface area contributed by atoms with Crippen molar-refractivity contribution >= 4 is 34.1 Å². The van der Waals surface area contributed by atoms with Gasteiger partial charge in [0, 0.05) is 34.4 Å². The van der Waals surface area contributed by atoms with Crippen LogP contribution in [0.2, 0.25) is 5.02 Å². The lowest BCUT2D eigenvalue weighted by Crippen LogP contribution is -2.38. The lowest BCUT2D eigenvalue weighted by atomic mass is 10.0. The molecule has 0 saturated heterocycles. The highest BCUT2D eigenvalue weighted by Gasteiger charge is 2.34. The Kier molecular flexibility index (Phi) is 7.85. The molecule has 2 heterocycles. The summed E-state index contributed by atoms with van der Waals surface area (Å²) in [6, 6.07) is 6.95. The summed E-state index contributed by atoms with van der Waals surface area (Å²) in [5.74, 6) is -0.463. The van der Waals surface area contributed by atoms with Crippen LogP contribution in [-0.4, -0.2) is 43.5 Å². The summed E-state index contributed by atoms with van der Waals surface area (Å²) in [6.07, 6.45) is 0.320. The van der Waals surface area contributed by atoms with E-state index in [9.17, 15) is 28.3 Å². The third-order valence-corrected chi connectivity index (χ3v) is 6.58. The van der Waals surface area contributed by atoms with Crippen molar-refractivity contribution in [2.75, 3.05) is 5.32 Å². The van der Waals surface area contributed by atoms with E-state index >= 15 is 0 Å². The molecule has 4 rings (SSSR count). The molecule has 8 nitrogen and oxygen atoms in total. The van der Waals surface area contributed by atoms with Crippen LogP contribution < -0.4 is 10.6 Å². The lowest BCUT2D eigenvalue weighted by molar-refractivity contribution is -0.140. The number of alkyl halides is 3. The molecule has 1 amide bonds. The molecular formula is C26H28ClF3N6O2. The predicted molar refractivity (Wildman–Crippen MR) is 137 cm³/mol. The Labute approximate surface area is 222 Å². The number of nitriles is 1. The van der Waals surface area contributed by atoms with E-state index in [-0.39, 0.29) is 41.1 Å². The maximum absolute atomic E-state index is 13.5. The zero-order chi connectivity index (χ0) is 27.7. The number of carbonyl (C=O) groups excluding carboxylic acids is 1. The number of benzene rings is 1. The molecule has 0 radical (unpaired) electrons. The molecule has 1 fully saturated rings. The number of hydrogen-bond donors (Lipinski definition) is 3. The highest BCUT2D eigenvalue weighted by molar-refractivity contribution is 6.31. The van der Waals surface area contributed by atoms with E-state index in [0.29, 0.717) is 29.7 Å². The number of nitrogens with one attached hydrogen (secondary N) is 2. The largest absolute Gasteiger partial charge is 0.433 e. The second-order valence-electron chi connectivity index (χ2n) is 10.3. The zero-order valence-corrected chi connectivity index (χ0v) is 21.7. The van der Waals surface area contributed by atoms with Gasteiger partial charge < -0.3 is 15.7 Å². The second-order valence-corrected chi connectivity index (χ2v) is 10.7. The maximum atomic E-state index is 13.5. The number of nitrogens with zero attached hydrogens (tertiary/aromatic N) is 4. The third kappa shape index (κ3) is 6.74. The first kappa shape index (κ1) is 27.7. The zero-order valence-electron chi connectivity index (χ0n) is 20.9. The van der Waals surface area contributed by atoms with Crippen LogP contribution >= 0.6 is 11.6 Å². The van der Waals surface area contributed by atoms with E-state index in [1.54, 1.807) is 19.9 Å². The molecule has 202 valence electrons. The summed E-state index contributed by atoms with van der Waals surface area (Å²) in [5.41, 5.74) is -1.57. The highest BCUT2D eigenvalue weighted by Crippen LogP contribution is 2.35. The van der Waals surface area contributed by atoms with Gasteiger partial charge in [-0.15, -0.1) is 0 Å². The number of aliphatic hydroxyl groups is 1. The van der Waals surface area contributed by atoms with E-state index in [2.05, 4.69) is 20.7 Å². The molecule has 1 aliphatic rings. The smallest absolute Gasteiger partial charge is 0.389 e. The molecule has 2 aromatic heterocycles. The average molecular weight is 549 g/mol. The number of halogens is 4. The Morgan fingerprint density at radius 3 is 2.61 bits per heavy atom. The summed E-state index contributed by atoms with van der Waals surface area (Å²) < 4.78 is 42.0. The molecule has 12 heteroatoms. The fourth-order valence-electron chi connectivity index (χ4n) is 4.72. The van der Waals surface area contributed by atoms with E-state index in [1.165, 1.54) is 23.0 Å². The van der Waals surface area contributed by atoms with Gasteiger partial charge in [-0.1, -0.05) is 24.4 Å². The van der Waals surface area contributed by atoms with Crippen molar-refractivity contribution in [1.29, 1.82) is 5.26 Å². The molecule has 1 saturated carbocycles. The Bertz CT molecular complexity index is 1380. The van der Waals surface area contributed by atoms with Crippen LogP contribution in [0.25, 0.3) is 10.9 Å². The minimum absolute atomic E-state index is 0.0464. The van der Waals surface area contributed by atoms with Gasteiger partial charge in [0.1, 0.15) is 11.8 Å². The minimum Gasteiger partial charge on any atom is -0.389 e. The number of pyridine rings is 1. The maximum Gasteiger partial charge on any atom is 0.433 e. The quantitative estimate of drug-likeness (QED) is 0.360. The van der Waals surface area contributed by atoms with Crippen molar-refractivity contribution in [3.8, 4) is 6.07 Å². The van der Waals surface area contributed by atoms with E-state index in [1.807, 2.05) is 6.07 Å². The van der Waals surface area contributed by atoms with Gasteiger partial charge in [0.15, 0.2) is 5.69 Å². The lowest BCUT2D eigenvalue weighted by Gasteiger charge is -2.24. The third-order valence-electron chi connectivity index (χ3n) is 6.34. The van der Waals surface area contributed by atoms with E-state index in [0.717, 1.165) is 18.9 Å². The van der Waals surface area contributed by atoms with Gasteiger partial charge >= 0.3 is 6.18 Å². The molecule has 1 aliphatic carbocycles. The summed E-state index contributed by atoms with van der Waals surface area (Å²) in [6.45, 7) is 3.29. The van der Waals surface area contributed by atoms with Crippen LogP contribution in [0.5, 0.6) is 0 Å². The predicted octanol–water partition coefficient (Wildman–Crippen LogP) is 5.29. The van der Waals surface area contributed by atoms with Gasteiger partial charge in [-0.05, 0) is 57.4 Å². The summed E-state index contributed by atoms with van der Waals surface area (Å²) in [4.78, 5) is 16.8. The molecule has 1 aromatic carbocycles. The van der Waals surface area contributed by atoms with E-state index < -0.39 is 23.4 Å². The van der Waals surface area contributed by atoms with Gasteiger partial charge in [-0.3, -0.25) is 9.48 Å². The number of rotatable bonds is 6. The fourth-order valence-corrected chi connectivity index (χ4v) is 4.89. The Balaban J connectivity index is 1.54. The number of fused-ring (bicyclic) bond motifs is 1. The molecule has 0 unspecified atom stereocenters. The van der Waals surface area contributed by atoms with Crippen LogP contribution in [-0.2, 0) is 12.7 Å². The number of hydrogen-bond acceptors (Lipinski definition) is 6. The van der Waals surface area contributed by atoms with Gasteiger partial charge in [-0.2, -0.15) is 23.5 Å². The fraction of sp³-hybridized carbons (Fsp3) is 0.462. The topological polar surface area (TPSA) is 116 Å². The monoisotopic (exact) mass is 548 g/mol. The average Bonchev–Trinajstić information content (AvgIpc) is 3.09. The molecule has 0 spiro atoms. The first-order valence-corrected chi connectivity index (χ1v) is 12.6. The van der Waals surface area contributed by atoms with Crippen molar-refractivity contribution in [2.24, 2.45) is 0 Å². The van der Waals surface area contributed by atoms with Gasteiger partial charge in [0.05, 0.1) is 23.2 Å². The first-order chi connectivity index (χ1) is 17.8. The van der Waals surface area contributed by atoms with Gasteiger partial charge in [0.2, 0.25) is 0 Å². The second kappa shape index (κ2) is 10.8. The molecule has 0 aliphatic heterocycles. The number of amides is 1. The van der Waals surface area contributed by atoms with E-state index in [4.69, 9.17) is 11.6 Å². The van der Waals surface area contributed by atoms with Crippen molar-refractivity contribution in [2.45, 2.75) is 76.4 Å². The molecule has 0 bridgehead atoms. The summed E-state index contributed by atoms with van der Waals surface area (Å²) >= 11 is 6.12. The van der Waals surface area contributed by atoms with Crippen LogP contribution in [0.15, 0.2) is 30.5 Å². The van der Waals surface area contributed by atoms with Crippen molar-refractivity contribution < 1.29 is 23.1 Å². The van der Waals surface area contributed by atoms with Crippen molar-refractivity contribution in [1.82, 2.24) is 20.1 Å². The first-order valence-electron chi connectivity index (χ1n) is 12.3. The normalized spacial score (nSPS) is 18.6. The SMILES string of the molecule is CC(C)(O)Cn1cc(C(=O)N[C@@H]2CCCC[C@H](Nc3cc(C(F)(F)F)nc4ccc(Cl)cc34)C2)c(C#N)n1.